The minimum atomic E-state index is -4.39. The molecule has 0 aliphatic carbocycles. The lowest BCUT2D eigenvalue weighted by Crippen LogP contribution is -2.23. The van der Waals surface area contributed by atoms with Crippen molar-refractivity contribution in [3.63, 3.8) is 0 Å². The molecule has 0 aliphatic heterocycles. The van der Waals surface area contributed by atoms with Crippen LogP contribution in [0.3, 0.4) is 0 Å². The van der Waals surface area contributed by atoms with Gasteiger partial charge < -0.3 is 10.1 Å². The lowest BCUT2D eigenvalue weighted by Gasteiger charge is -2.11. The van der Waals surface area contributed by atoms with Crippen molar-refractivity contribution in [1.82, 2.24) is 19.7 Å². The molecule has 0 fully saturated rings. The predicted octanol–water partition coefficient (Wildman–Crippen LogP) is 6.72. The van der Waals surface area contributed by atoms with Crippen LogP contribution in [0.1, 0.15) is 34.2 Å². The maximum absolute atomic E-state index is 13.1. The van der Waals surface area contributed by atoms with Crippen LogP contribution in [0.4, 0.5) is 13.2 Å². The molecular formula is C30H25F3N4O2. The number of benzene rings is 2. The summed E-state index contributed by atoms with van der Waals surface area (Å²) in [5, 5.41) is 2.73. The van der Waals surface area contributed by atoms with Gasteiger partial charge in [0.15, 0.2) is 11.4 Å². The number of pyridine rings is 2. The molecule has 3 aromatic heterocycles. The number of aryl methyl sites for hydroxylation is 1. The van der Waals surface area contributed by atoms with Gasteiger partial charge in [0.25, 0.3) is 5.91 Å². The van der Waals surface area contributed by atoms with Crippen LogP contribution in [0.5, 0.6) is 5.75 Å². The average molecular weight is 531 g/mol. The molecule has 5 rings (SSSR count). The third-order valence-corrected chi connectivity index (χ3v) is 6.27. The summed E-state index contributed by atoms with van der Waals surface area (Å²) in [6, 6.07) is 19.7. The third kappa shape index (κ3) is 5.47. The van der Waals surface area contributed by atoms with Gasteiger partial charge in [-0.1, -0.05) is 36.4 Å². The second-order valence-corrected chi connectivity index (χ2v) is 8.97. The highest BCUT2D eigenvalue weighted by atomic mass is 19.4. The van der Waals surface area contributed by atoms with E-state index in [9.17, 15) is 18.0 Å². The SMILES string of the molecule is CCNC(=O)c1ccc(-c2c(C)nc3c(OCc4ccc(-c5cccc(C(F)(F)F)c5)cc4)cccn23)cn1. The Morgan fingerprint density at radius 1 is 0.974 bits per heavy atom. The number of imidazole rings is 1. The van der Waals surface area contributed by atoms with Crippen LogP contribution in [-0.4, -0.2) is 26.8 Å². The van der Waals surface area contributed by atoms with Gasteiger partial charge in [-0.05, 0) is 66.9 Å². The number of ether oxygens (including phenoxy) is 1. The predicted molar refractivity (Wildman–Crippen MR) is 142 cm³/mol. The normalized spacial score (nSPS) is 11.5. The highest BCUT2D eigenvalue weighted by molar-refractivity contribution is 5.92. The topological polar surface area (TPSA) is 68.5 Å². The number of hydrogen-bond acceptors (Lipinski definition) is 4. The highest BCUT2D eigenvalue weighted by Crippen LogP contribution is 2.33. The van der Waals surface area contributed by atoms with E-state index in [-0.39, 0.29) is 12.5 Å². The van der Waals surface area contributed by atoms with E-state index in [0.717, 1.165) is 34.6 Å². The van der Waals surface area contributed by atoms with Crippen molar-refractivity contribution in [2.45, 2.75) is 26.6 Å². The summed E-state index contributed by atoms with van der Waals surface area (Å²) in [5.41, 5.74) is 4.79. The van der Waals surface area contributed by atoms with Gasteiger partial charge in [-0.25, -0.2) is 4.98 Å². The molecule has 0 unspecified atom stereocenters. The fourth-order valence-corrected chi connectivity index (χ4v) is 4.37. The number of rotatable bonds is 7. The van der Waals surface area contributed by atoms with Gasteiger partial charge in [0.1, 0.15) is 12.3 Å². The largest absolute Gasteiger partial charge is 0.485 e. The summed E-state index contributed by atoms with van der Waals surface area (Å²) in [7, 11) is 0. The molecule has 3 heterocycles. The maximum atomic E-state index is 13.1. The molecule has 6 nitrogen and oxygen atoms in total. The lowest BCUT2D eigenvalue weighted by atomic mass is 10.0. The first kappa shape index (κ1) is 26.0. The van der Waals surface area contributed by atoms with E-state index in [2.05, 4.69) is 10.3 Å². The van der Waals surface area contributed by atoms with E-state index < -0.39 is 11.7 Å². The number of carbonyl (C=O) groups is 1. The number of amides is 1. The van der Waals surface area contributed by atoms with Crippen molar-refractivity contribution < 1.29 is 22.7 Å². The summed E-state index contributed by atoms with van der Waals surface area (Å²) >= 11 is 0. The third-order valence-electron chi connectivity index (χ3n) is 6.27. The molecule has 1 amide bonds. The zero-order valence-electron chi connectivity index (χ0n) is 21.3. The van der Waals surface area contributed by atoms with Crippen molar-refractivity contribution >= 4 is 11.6 Å². The molecule has 0 aliphatic rings. The summed E-state index contributed by atoms with van der Waals surface area (Å²) in [5.74, 6) is 0.359. The van der Waals surface area contributed by atoms with Crippen molar-refractivity contribution in [2.24, 2.45) is 0 Å². The molecule has 1 N–H and O–H groups in total. The summed E-state index contributed by atoms with van der Waals surface area (Å²) in [6.07, 6.45) is -0.847. The van der Waals surface area contributed by atoms with E-state index in [1.807, 2.05) is 54.8 Å². The second-order valence-electron chi connectivity index (χ2n) is 8.97. The van der Waals surface area contributed by atoms with E-state index >= 15 is 0 Å². The quantitative estimate of drug-likeness (QED) is 0.254. The lowest BCUT2D eigenvalue weighted by molar-refractivity contribution is -0.137. The molecule has 0 saturated carbocycles. The number of aromatic nitrogens is 3. The zero-order chi connectivity index (χ0) is 27.6. The van der Waals surface area contributed by atoms with Crippen molar-refractivity contribution in [3.8, 4) is 28.1 Å². The molecule has 0 atom stereocenters. The molecule has 9 heteroatoms. The summed E-state index contributed by atoms with van der Waals surface area (Å²) in [6.45, 7) is 4.53. The molecule has 0 saturated heterocycles. The highest BCUT2D eigenvalue weighted by Gasteiger charge is 2.30. The fourth-order valence-electron chi connectivity index (χ4n) is 4.37. The van der Waals surface area contributed by atoms with E-state index in [4.69, 9.17) is 9.72 Å². The Kier molecular flexibility index (Phi) is 7.06. The van der Waals surface area contributed by atoms with Crippen molar-refractivity contribution in [1.29, 1.82) is 0 Å². The average Bonchev–Trinajstić information content (AvgIpc) is 3.28. The molecule has 5 aromatic rings. The van der Waals surface area contributed by atoms with Crippen LogP contribution in [-0.2, 0) is 12.8 Å². The number of hydrogen-bond donors (Lipinski definition) is 1. The second kappa shape index (κ2) is 10.6. The van der Waals surface area contributed by atoms with Gasteiger partial charge in [-0.3, -0.25) is 14.2 Å². The summed E-state index contributed by atoms with van der Waals surface area (Å²) < 4.78 is 47.2. The van der Waals surface area contributed by atoms with Crippen LogP contribution in [0.25, 0.3) is 28.0 Å². The Morgan fingerprint density at radius 2 is 1.74 bits per heavy atom. The van der Waals surface area contributed by atoms with Crippen LogP contribution in [0.2, 0.25) is 0 Å². The molecule has 198 valence electrons. The molecule has 0 bridgehead atoms. The van der Waals surface area contributed by atoms with Gasteiger partial charge in [-0.15, -0.1) is 0 Å². The number of fused-ring (bicyclic) bond motifs is 1. The molecule has 0 spiro atoms. The first-order valence-electron chi connectivity index (χ1n) is 12.4. The Morgan fingerprint density at radius 3 is 2.44 bits per heavy atom. The Hall–Kier alpha value is -4.66. The van der Waals surface area contributed by atoms with Crippen LogP contribution >= 0.6 is 0 Å². The zero-order valence-corrected chi connectivity index (χ0v) is 21.3. The Balaban J connectivity index is 1.34. The van der Waals surface area contributed by atoms with Gasteiger partial charge in [-0.2, -0.15) is 13.2 Å². The minimum absolute atomic E-state index is 0.225. The Labute approximate surface area is 223 Å². The fraction of sp³-hybridized carbons (Fsp3) is 0.167. The van der Waals surface area contributed by atoms with Crippen LogP contribution in [0, 0.1) is 6.92 Å². The number of nitrogens with one attached hydrogen (secondary N) is 1. The molecular weight excluding hydrogens is 505 g/mol. The van der Waals surface area contributed by atoms with E-state index in [1.165, 1.54) is 6.07 Å². The molecule has 39 heavy (non-hydrogen) atoms. The van der Waals surface area contributed by atoms with Gasteiger partial charge in [0.05, 0.1) is 17.0 Å². The molecule has 2 aromatic carbocycles. The van der Waals surface area contributed by atoms with Crippen molar-refractivity contribution in [2.75, 3.05) is 6.54 Å². The van der Waals surface area contributed by atoms with Gasteiger partial charge in [0, 0.05) is 24.5 Å². The maximum Gasteiger partial charge on any atom is 0.416 e. The van der Waals surface area contributed by atoms with E-state index in [0.29, 0.717) is 34.8 Å². The molecule has 0 radical (unpaired) electrons. The minimum Gasteiger partial charge on any atom is -0.485 e. The number of alkyl halides is 3. The van der Waals surface area contributed by atoms with Gasteiger partial charge >= 0.3 is 6.18 Å². The van der Waals surface area contributed by atoms with Crippen molar-refractivity contribution in [3.05, 3.63) is 108 Å². The number of halogens is 3. The van der Waals surface area contributed by atoms with E-state index in [1.54, 1.807) is 30.5 Å². The van der Waals surface area contributed by atoms with Crippen LogP contribution in [0.15, 0.2) is 85.2 Å². The Bertz CT molecular complexity index is 1630. The first-order chi connectivity index (χ1) is 18.7. The first-order valence-corrected chi connectivity index (χ1v) is 12.4. The summed E-state index contributed by atoms with van der Waals surface area (Å²) in [4.78, 5) is 21.1. The smallest absolute Gasteiger partial charge is 0.416 e. The standard InChI is InChI=1S/C30H25F3N4O2/c1-3-34-29(38)25-14-13-23(17-35-25)27-19(2)36-28-26(8-5-15-37(27)28)39-18-20-9-11-21(12-10-20)22-6-4-7-24(16-22)30(31,32)33/h4-17H,3,18H2,1-2H3,(H,34,38). The number of carbonyl (C=O) groups excluding carboxylic acids is 1. The monoisotopic (exact) mass is 530 g/mol. The number of nitrogens with zero attached hydrogens (tertiary/aromatic N) is 3. The van der Waals surface area contributed by atoms with Crippen LogP contribution < -0.4 is 10.1 Å². The van der Waals surface area contributed by atoms with Gasteiger partial charge in [0.2, 0.25) is 0 Å².